The van der Waals surface area contributed by atoms with Crippen molar-refractivity contribution in [3.63, 3.8) is 0 Å². The summed E-state index contributed by atoms with van der Waals surface area (Å²) in [6.45, 7) is 1.81. The molecular formula is C18H19NO. The van der Waals surface area contributed by atoms with Gasteiger partial charge >= 0.3 is 0 Å². The van der Waals surface area contributed by atoms with E-state index in [0.29, 0.717) is 0 Å². The highest BCUT2D eigenvalue weighted by atomic mass is 16.3. The molecule has 1 N–H and O–H groups in total. The van der Waals surface area contributed by atoms with Gasteiger partial charge in [-0.25, -0.2) is 0 Å². The van der Waals surface area contributed by atoms with Crippen LogP contribution in [-0.4, -0.2) is 11.3 Å². The molecule has 2 aromatic carbocycles. The SMILES string of the molecule is CC(O)N(C1=CCCc2ccccc21)c1ccccc1. The van der Waals surface area contributed by atoms with E-state index in [1.165, 1.54) is 11.1 Å². The molecule has 0 saturated heterocycles. The molecule has 2 heteroatoms. The van der Waals surface area contributed by atoms with Crippen molar-refractivity contribution in [1.29, 1.82) is 0 Å². The Morgan fingerprint density at radius 1 is 1.00 bits per heavy atom. The second kappa shape index (κ2) is 5.51. The minimum atomic E-state index is -0.560. The van der Waals surface area contributed by atoms with Crippen molar-refractivity contribution in [2.24, 2.45) is 0 Å². The molecule has 102 valence electrons. The number of anilines is 1. The molecule has 0 radical (unpaired) electrons. The molecule has 0 amide bonds. The maximum absolute atomic E-state index is 10.2. The van der Waals surface area contributed by atoms with Crippen LogP contribution in [0.5, 0.6) is 0 Å². The molecule has 0 aromatic heterocycles. The third-order valence-electron chi connectivity index (χ3n) is 3.71. The largest absolute Gasteiger partial charge is 0.374 e. The molecule has 1 aliphatic rings. The van der Waals surface area contributed by atoms with Crippen LogP contribution in [0.3, 0.4) is 0 Å². The summed E-state index contributed by atoms with van der Waals surface area (Å²) in [4.78, 5) is 2.00. The fraction of sp³-hybridized carbons (Fsp3) is 0.222. The smallest absolute Gasteiger partial charge is 0.128 e. The molecule has 0 fully saturated rings. The Morgan fingerprint density at radius 2 is 1.70 bits per heavy atom. The van der Waals surface area contributed by atoms with Crippen molar-refractivity contribution in [1.82, 2.24) is 0 Å². The van der Waals surface area contributed by atoms with E-state index in [1.54, 1.807) is 0 Å². The van der Waals surface area contributed by atoms with Crippen molar-refractivity contribution in [3.05, 3.63) is 71.8 Å². The number of allylic oxidation sites excluding steroid dienone is 1. The molecule has 0 aliphatic heterocycles. The summed E-state index contributed by atoms with van der Waals surface area (Å²) in [6, 6.07) is 18.5. The molecule has 0 bridgehead atoms. The van der Waals surface area contributed by atoms with Gasteiger partial charge in [-0.3, -0.25) is 0 Å². The quantitative estimate of drug-likeness (QED) is 0.853. The van der Waals surface area contributed by atoms with Gasteiger partial charge in [-0.1, -0.05) is 48.5 Å². The highest BCUT2D eigenvalue weighted by Crippen LogP contribution is 2.33. The highest BCUT2D eigenvalue weighted by Gasteiger charge is 2.22. The van der Waals surface area contributed by atoms with Crippen molar-refractivity contribution < 1.29 is 5.11 Å². The monoisotopic (exact) mass is 265 g/mol. The maximum atomic E-state index is 10.2. The van der Waals surface area contributed by atoms with Gasteiger partial charge in [-0.05, 0) is 37.5 Å². The predicted octanol–water partition coefficient (Wildman–Crippen LogP) is 3.82. The van der Waals surface area contributed by atoms with Gasteiger partial charge < -0.3 is 10.0 Å². The van der Waals surface area contributed by atoms with E-state index in [0.717, 1.165) is 24.2 Å². The zero-order valence-electron chi connectivity index (χ0n) is 11.7. The first-order chi connectivity index (χ1) is 9.77. The number of benzene rings is 2. The zero-order chi connectivity index (χ0) is 13.9. The summed E-state index contributed by atoms with van der Waals surface area (Å²) in [5, 5.41) is 10.2. The van der Waals surface area contributed by atoms with Crippen LogP contribution in [0.2, 0.25) is 0 Å². The first kappa shape index (κ1) is 12.9. The highest BCUT2D eigenvalue weighted by molar-refractivity contribution is 5.82. The summed E-state index contributed by atoms with van der Waals surface area (Å²) in [6.07, 6.45) is 3.75. The first-order valence-electron chi connectivity index (χ1n) is 7.08. The van der Waals surface area contributed by atoms with Gasteiger partial charge in [0.1, 0.15) is 6.23 Å². The Bertz CT molecular complexity index is 616. The molecule has 2 nitrogen and oxygen atoms in total. The number of hydrogen-bond acceptors (Lipinski definition) is 2. The second-order valence-corrected chi connectivity index (χ2v) is 5.12. The van der Waals surface area contributed by atoms with Crippen LogP contribution in [0.15, 0.2) is 60.7 Å². The summed E-state index contributed by atoms with van der Waals surface area (Å²) >= 11 is 0. The lowest BCUT2D eigenvalue weighted by molar-refractivity contribution is 0.202. The van der Waals surface area contributed by atoms with Gasteiger partial charge in [0.15, 0.2) is 0 Å². The third kappa shape index (κ3) is 2.35. The average Bonchev–Trinajstić information content (AvgIpc) is 2.48. The standard InChI is InChI=1S/C18H19NO/c1-14(20)19(16-10-3-2-4-11-16)18-13-7-9-15-8-5-6-12-17(15)18/h2-6,8,10-14,20H,7,9H2,1H3. The van der Waals surface area contributed by atoms with E-state index >= 15 is 0 Å². The van der Waals surface area contributed by atoms with Gasteiger partial charge in [-0.2, -0.15) is 0 Å². The first-order valence-corrected chi connectivity index (χ1v) is 7.08. The summed E-state index contributed by atoms with van der Waals surface area (Å²) in [5.74, 6) is 0. The minimum absolute atomic E-state index is 0.560. The van der Waals surface area contributed by atoms with E-state index in [4.69, 9.17) is 0 Å². The number of para-hydroxylation sites is 1. The normalized spacial score (nSPS) is 15.2. The van der Waals surface area contributed by atoms with Crippen LogP contribution in [0.4, 0.5) is 5.69 Å². The van der Waals surface area contributed by atoms with Crippen LogP contribution in [0.25, 0.3) is 5.70 Å². The van der Waals surface area contributed by atoms with Gasteiger partial charge in [-0.15, -0.1) is 0 Å². The lowest BCUT2D eigenvalue weighted by Crippen LogP contribution is -2.32. The van der Waals surface area contributed by atoms with E-state index in [1.807, 2.05) is 42.2 Å². The Balaban J connectivity index is 2.07. The molecule has 2 aromatic rings. The van der Waals surface area contributed by atoms with Crippen LogP contribution in [-0.2, 0) is 6.42 Å². The number of aliphatic hydroxyl groups excluding tert-OH is 1. The van der Waals surface area contributed by atoms with Crippen LogP contribution >= 0.6 is 0 Å². The lowest BCUT2D eigenvalue weighted by atomic mass is 9.93. The molecule has 1 aliphatic carbocycles. The van der Waals surface area contributed by atoms with E-state index in [9.17, 15) is 5.11 Å². The van der Waals surface area contributed by atoms with Crippen LogP contribution in [0.1, 0.15) is 24.5 Å². The van der Waals surface area contributed by atoms with Crippen LogP contribution in [0, 0.1) is 0 Å². The number of aliphatic hydroxyl groups is 1. The Kier molecular flexibility index (Phi) is 3.57. The average molecular weight is 265 g/mol. The Labute approximate surface area is 120 Å². The van der Waals surface area contributed by atoms with Gasteiger partial charge in [0, 0.05) is 16.9 Å². The molecule has 1 unspecified atom stereocenters. The van der Waals surface area contributed by atoms with Gasteiger partial charge in [0.05, 0.1) is 0 Å². The van der Waals surface area contributed by atoms with Crippen molar-refractivity contribution in [3.8, 4) is 0 Å². The third-order valence-corrected chi connectivity index (χ3v) is 3.71. The van der Waals surface area contributed by atoms with Crippen molar-refractivity contribution in [2.75, 3.05) is 4.90 Å². The van der Waals surface area contributed by atoms with Gasteiger partial charge in [0.25, 0.3) is 0 Å². The molecule has 0 spiro atoms. The lowest BCUT2D eigenvalue weighted by Gasteiger charge is -2.33. The molecular weight excluding hydrogens is 246 g/mol. The fourth-order valence-electron chi connectivity index (χ4n) is 2.84. The number of aryl methyl sites for hydroxylation is 1. The molecule has 0 saturated carbocycles. The molecule has 3 rings (SSSR count). The van der Waals surface area contributed by atoms with Crippen molar-refractivity contribution >= 4 is 11.4 Å². The van der Waals surface area contributed by atoms with E-state index in [-0.39, 0.29) is 0 Å². The number of hydrogen-bond donors (Lipinski definition) is 1. The molecule has 0 heterocycles. The maximum Gasteiger partial charge on any atom is 0.128 e. The topological polar surface area (TPSA) is 23.5 Å². The zero-order valence-corrected chi connectivity index (χ0v) is 11.7. The van der Waals surface area contributed by atoms with Crippen LogP contribution < -0.4 is 4.90 Å². The summed E-state index contributed by atoms with van der Waals surface area (Å²) in [7, 11) is 0. The molecule has 1 atom stereocenters. The Morgan fingerprint density at radius 3 is 2.45 bits per heavy atom. The van der Waals surface area contributed by atoms with Gasteiger partial charge in [0.2, 0.25) is 0 Å². The van der Waals surface area contributed by atoms with E-state index < -0.39 is 6.23 Å². The second-order valence-electron chi connectivity index (χ2n) is 5.12. The minimum Gasteiger partial charge on any atom is -0.374 e. The van der Waals surface area contributed by atoms with Crippen molar-refractivity contribution in [2.45, 2.75) is 26.0 Å². The number of fused-ring (bicyclic) bond motifs is 1. The fourth-order valence-corrected chi connectivity index (χ4v) is 2.84. The number of nitrogens with zero attached hydrogens (tertiary/aromatic N) is 1. The summed E-state index contributed by atoms with van der Waals surface area (Å²) < 4.78 is 0. The molecule has 20 heavy (non-hydrogen) atoms. The predicted molar refractivity (Wildman–Crippen MR) is 83.3 cm³/mol. The number of rotatable bonds is 3. The summed E-state index contributed by atoms with van der Waals surface area (Å²) in [5.41, 5.74) is 4.70. The Hall–Kier alpha value is -2.06. The van der Waals surface area contributed by atoms with E-state index in [2.05, 4.69) is 30.3 Å².